The quantitative estimate of drug-likeness (QED) is 0.926. The van der Waals surface area contributed by atoms with Gasteiger partial charge in [-0.05, 0) is 50.2 Å². The monoisotopic (exact) mass is 287 g/mol. The Morgan fingerprint density at radius 3 is 2.43 bits per heavy atom. The number of anilines is 1. The smallest absolute Gasteiger partial charge is 0.323 e. The van der Waals surface area contributed by atoms with Gasteiger partial charge in [-0.3, -0.25) is 9.59 Å². The van der Waals surface area contributed by atoms with Crippen molar-refractivity contribution in [2.75, 3.05) is 11.4 Å². The molecule has 0 radical (unpaired) electrons. The molecule has 21 heavy (non-hydrogen) atoms. The highest BCUT2D eigenvalue weighted by molar-refractivity contribution is 5.99. The van der Waals surface area contributed by atoms with E-state index in [1.165, 1.54) is 11.3 Å². The highest BCUT2D eigenvalue weighted by Crippen LogP contribution is 2.49. The first-order valence-corrected chi connectivity index (χ1v) is 7.64. The summed E-state index contributed by atoms with van der Waals surface area (Å²) < 4.78 is 0. The minimum absolute atomic E-state index is 0.00606. The number of fused-ring (bicyclic) bond motifs is 2. The molecule has 1 N–H and O–H groups in total. The molecule has 1 aromatic rings. The summed E-state index contributed by atoms with van der Waals surface area (Å²) in [4.78, 5) is 25.4. The molecule has 0 spiro atoms. The summed E-state index contributed by atoms with van der Waals surface area (Å²) in [5.74, 6) is 0.183. The molecule has 3 unspecified atom stereocenters. The molecule has 2 aliphatic carbocycles. The lowest BCUT2D eigenvalue weighted by atomic mass is 9.87. The number of amides is 1. The van der Waals surface area contributed by atoms with E-state index in [2.05, 4.69) is 0 Å². The summed E-state index contributed by atoms with van der Waals surface area (Å²) in [6.45, 7) is 1.72. The first-order chi connectivity index (χ1) is 10.0. The van der Waals surface area contributed by atoms with Crippen molar-refractivity contribution in [2.24, 2.45) is 17.8 Å². The molecule has 112 valence electrons. The molecule has 2 saturated carbocycles. The average molecular weight is 287 g/mol. The number of rotatable bonds is 4. The highest BCUT2D eigenvalue weighted by Gasteiger charge is 2.44. The molecule has 4 nitrogen and oxygen atoms in total. The minimum atomic E-state index is -0.966. The zero-order chi connectivity index (χ0) is 15.0. The van der Waals surface area contributed by atoms with E-state index >= 15 is 0 Å². The van der Waals surface area contributed by atoms with Crippen molar-refractivity contribution in [3.8, 4) is 0 Å². The maximum absolute atomic E-state index is 12.8. The third kappa shape index (κ3) is 2.80. The SMILES string of the molecule is Cc1ccc(N(CC(=O)O)C(=O)C2CC3CCC2C3)cc1. The summed E-state index contributed by atoms with van der Waals surface area (Å²) >= 11 is 0. The zero-order valence-electron chi connectivity index (χ0n) is 12.3. The normalized spacial score (nSPS) is 26.8. The lowest BCUT2D eigenvalue weighted by Gasteiger charge is -2.28. The van der Waals surface area contributed by atoms with Gasteiger partial charge in [0, 0.05) is 11.6 Å². The van der Waals surface area contributed by atoms with Crippen LogP contribution in [0.4, 0.5) is 5.69 Å². The molecule has 1 amide bonds. The van der Waals surface area contributed by atoms with E-state index in [0.29, 0.717) is 17.5 Å². The Morgan fingerprint density at radius 2 is 1.90 bits per heavy atom. The van der Waals surface area contributed by atoms with E-state index in [9.17, 15) is 9.59 Å². The molecule has 2 fully saturated rings. The lowest BCUT2D eigenvalue weighted by Crippen LogP contribution is -2.41. The van der Waals surface area contributed by atoms with Gasteiger partial charge in [0.15, 0.2) is 0 Å². The summed E-state index contributed by atoms with van der Waals surface area (Å²) in [5.41, 5.74) is 1.79. The first-order valence-electron chi connectivity index (χ1n) is 7.64. The Morgan fingerprint density at radius 1 is 1.19 bits per heavy atom. The Hall–Kier alpha value is -1.84. The molecule has 1 aromatic carbocycles. The van der Waals surface area contributed by atoms with Crippen molar-refractivity contribution in [1.29, 1.82) is 0 Å². The fourth-order valence-corrected chi connectivity index (χ4v) is 3.90. The van der Waals surface area contributed by atoms with Crippen LogP contribution in [0.15, 0.2) is 24.3 Å². The molecular weight excluding hydrogens is 266 g/mol. The summed E-state index contributed by atoms with van der Waals surface area (Å²) in [6, 6.07) is 7.50. The van der Waals surface area contributed by atoms with Gasteiger partial charge in [0.25, 0.3) is 0 Å². The molecule has 2 bridgehead atoms. The van der Waals surface area contributed by atoms with Crippen molar-refractivity contribution in [3.05, 3.63) is 29.8 Å². The zero-order valence-corrected chi connectivity index (χ0v) is 12.3. The van der Waals surface area contributed by atoms with Crippen molar-refractivity contribution in [1.82, 2.24) is 0 Å². The summed E-state index contributed by atoms with van der Waals surface area (Å²) in [7, 11) is 0. The van der Waals surface area contributed by atoms with Crippen LogP contribution in [0.25, 0.3) is 0 Å². The third-order valence-corrected chi connectivity index (χ3v) is 4.96. The van der Waals surface area contributed by atoms with Gasteiger partial charge in [0.05, 0.1) is 0 Å². The molecule has 4 heteroatoms. The maximum Gasteiger partial charge on any atom is 0.323 e. The fraction of sp³-hybridized carbons (Fsp3) is 0.529. The highest BCUT2D eigenvalue weighted by atomic mass is 16.4. The number of hydrogen-bond donors (Lipinski definition) is 1. The second-order valence-electron chi connectivity index (χ2n) is 6.44. The van der Waals surface area contributed by atoms with Gasteiger partial charge in [-0.1, -0.05) is 24.1 Å². The van der Waals surface area contributed by atoms with Crippen molar-refractivity contribution in [2.45, 2.75) is 32.6 Å². The number of nitrogens with zero attached hydrogens (tertiary/aromatic N) is 1. The predicted octanol–water partition coefficient (Wildman–Crippen LogP) is 2.85. The summed E-state index contributed by atoms with van der Waals surface area (Å²) in [5, 5.41) is 9.13. The predicted molar refractivity (Wildman–Crippen MR) is 80.1 cm³/mol. The third-order valence-electron chi connectivity index (χ3n) is 4.96. The van der Waals surface area contributed by atoms with Crippen molar-refractivity contribution in [3.63, 3.8) is 0 Å². The Kier molecular flexibility index (Phi) is 3.70. The average Bonchev–Trinajstić information content (AvgIpc) is 3.07. The summed E-state index contributed by atoms with van der Waals surface area (Å²) in [6.07, 6.45) is 4.44. The lowest BCUT2D eigenvalue weighted by molar-refractivity contribution is -0.137. The molecule has 0 aliphatic heterocycles. The van der Waals surface area contributed by atoms with Crippen LogP contribution < -0.4 is 4.90 Å². The van der Waals surface area contributed by atoms with Crippen LogP contribution in [0, 0.1) is 24.7 Å². The first kappa shape index (κ1) is 14.1. The van der Waals surface area contributed by atoms with Crippen LogP contribution in [0.2, 0.25) is 0 Å². The fourth-order valence-electron chi connectivity index (χ4n) is 3.90. The van der Waals surface area contributed by atoms with E-state index in [1.807, 2.05) is 31.2 Å². The number of aryl methyl sites for hydroxylation is 1. The van der Waals surface area contributed by atoms with E-state index in [-0.39, 0.29) is 18.4 Å². The molecule has 0 aromatic heterocycles. The van der Waals surface area contributed by atoms with Crippen LogP contribution in [0.1, 0.15) is 31.2 Å². The van der Waals surface area contributed by atoms with Crippen LogP contribution in [-0.2, 0) is 9.59 Å². The standard InChI is InChI=1S/C17H21NO3/c1-11-2-6-14(7-3-11)18(10-16(19)20)17(21)15-9-12-4-5-13(15)8-12/h2-3,6-7,12-13,15H,4-5,8-10H2,1H3,(H,19,20). The maximum atomic E-state index is 12.8. The number of carbonyl (C=O) groups excluding carboxylic acids is 1. The number of carboxylic acid groups (broad SMARTS) is 1. The molecule has 0 heterocycles. The van der Waals surface area contributed by atoms with Gasteiger partial charge in [-0.25, -0.2) is 0 Å². The van der Waals surface area contributed by atoms with Gasteiger partial charge in [0.2, 0.25) is 5.91 Å². The van der Waals surface area contributed by atoms with Crippen LogP contribution in [-0.4, -0.2) is 23.5 Å². The van der Waals surface area contributed by atoms with Crippen molar-refractivity contribution >= 4 is 17.6 Å². The molecule has 3 rings (SSSR count). The van der Waals surface area contributed by atoms with E-state index in [1.54, 1.807) is 0 Å². The molecule has 0 saturated heterocycles. The van der Waals surface area contributed by atoms with Crippen LogP contribution >= 0.6 is 0 Å². The Labute approximate surface area is 124 Å². The topological polar surface area (TPSA) is 57.6 Å². The number of hydrogen-bond acceptors (Lipinski definition) is 2. The number of carboxylic acids is 1. The van der Waals surface area contributed by atoms with Gasteiger partial charge >= 0.3 is 5.97 Å². The molecule has 3 atom stereocenters. The van der Waals surface area contributed by atoms with Crippen LogP contribution in [0.5, 0.6) is 0 Å². The van der Waals surface area contributed by atoms with Gasteiger partial charge in [0.1, 0.15) is 6.54 Å². The second-order valence-corrected chi connectivity index (χ2v) is 6.44. The van der Waals surface area contributed by atoms with Gasteiger partial charge in [-0.15, -0.1) is 0 Å². The van der Waals surface area contributed by atoms with Crippen LogP contribution in [0.3, 0.4) is 0 Å². The number of aliphatic carboxylic acids is 1. The minimum Gasteiger partial charge on any atom is -0.480 e. The molecule has 2 aliphatic rings. The van der Waals surface area contributed by atoms with Crippen molar-refractivity contribution < 1.29 is 14.7 Å². The van der Waals surface area contributed by atoms with E-state index in [4.69, 9.17) is 5.11 Å². The number of benzene rings is 1. The molecular formula is C17H21NO3. The van der Waals surface area contributed by atoms with Gasteiger partial charge in [-0.2, -0.15) is 0 Å². The number of carbonyl (C=O) groups is 2. The van der Waals surface area contributed by atoms with E-state index < -0.39 is 5.97 Å². The second kappa shape index (κ2) is 5.51. The van der Waals surface area contributed by atoms with E-state index in [0.717, 1.165) is 24.8 Å². The Balaban J connectivity index is 1.83. The largest absolute Gasteiger partial charge is 0.480 e. The van der Waals surface area contributed by atoms with Gasteiger partial charge < -0.3 is 10.0 Å². The Bertz CT molecular complexity index is 552.